The molecule has 1 N–H and O–H groups in total. The van der Waals surface area contributed by atoms with E-state index in [0.717, 1.165) is 29.0 Å². The summed E-state index contributed by atoms with van der Waals surface area (Å²) in [5, 5.41) is 7.45. The van der Waals surface area contributed by atoms with Crippen LogP contribution in [0.4, 0.5) is 0 Å². The fraction of sp³-hybridized carbons (Fsp3) is 0.500. The molecule has 0 radical (unpaired) electrons. The molecule has 3 atom stereocenters. The summed E-state index contributed by atoms with van der Waals surface area (Å²) in [6.45, 7) is 5.37. The number of ether oxygens (including phenoxy) is 2. The van der Waals surface area contributed by atoms with Gasteiger partial charge in [0.1, 0.15) is 13.2 Å². The average molecular weight is 355 g/mol. The van der Waals surface area contributed by atoms with Gasteiger partial charge in [-0.25, -0.2) is 0 Å². The van der Waals surface area contributed by atoms with Crippen LogP contribution in [0.5, 0.6) is 11.5 Å². The smallest absolute Gasteiger partial charge is 0.224 e. The number of aromatic nitrogens is 2. The number of carbonyl (C=O) groups is 1. The van der Waals surface area contributed by atoms with E-state index in [1.54, 1.807) is 4.68 Å². The summed E-state index contributed by atoms with van der Waals surface area (Å²) < 4.78 is 13.1. The molecule has 6 heteroatoms. The molecule has 4 rings (SSSR count). The number of amides is 1. The lowest BCUT2D eigenvalue weighted by Crippen LogP contribution is -2.33. The molecule has 26 heavy (non-hydrogen) atoms. The molecular formula is C20H25N3O3. The van der Waals surface area contributed by atoms with Gasteiger partial charge in [-0.05, 0) is 41.5 Å². The Morgan fingerprint density at radius 2 is 2.04 bits per heavy atom. The summed E-state index contributed by atoms with van der Waals surface area (Å²) in [6, 6.07) is 5.89. The van der Waals surface area contributed by atoms with Crippen molar-refractivity contribution in [2.24, 2.45) is 18.9 Å². The van der Waals surface area contributed by atoms with Gasteiger partial charge in [0.05, 0.1) is 12.2 Å². The van der Waals surface area contributed by atoms with Gasteiger partial charge >= 0.3 is 0 Å². The van der Waals surface area contributed by atoms with Crippen molar-refractivity contribution < 1.29 is 14.3 Å². The van der Waals surface area contributed by atoms with Crippen LogP contribution in [-0.2, 0) is 11.8 Å². The van der Waals surface area contributed by atoms with Crippen LogP contribution in [0.3, 0.4) is 0 Å². The van der Waals surface area contributed by atoms with Gasteiger partial charge in [-0.2, -0.15) is 5.10 Å². The first-order valence-corrected chi connectivity index (χ1v) is 9.21. The molecule has 1 aliphatic carbocycles. The van der Waals surface area contributed by atoms with Crippen molar-refractivity contribution in [2.45, 2.75) is 32.2 Å². The maximum absolute atomic E-state index is 12.8. The standard InChI is InChI=1S/C20H25N3O3/c1-12(2)19(13-4-5-17-18(8-13)26-7-6-25-17)22-20(24)16-9-15(16)14-10-21-23(3)11-14/h4-5,8,10-12,15-16,19H,6-7,9H2,1-3H3,(H,22,24). The predicted molar refractivity (Wildman–Crippen MR) is 97.2 cm³/mol. The highest BCUT2D eigenvalue weighted by molar-refractivity contribution is 5.83. The van der Waals surface area contributed by atoms with Crippen LogP contribution >= 0.6 is 0 Å². The molecule has 0 saturated heterocycles. The molecule has 138 valence electrons. The fourth-order valence-electron chi connectivity index (χ4n) is 3.63. The van der Waals surface area contributed by atoms with Crippen molar-refractivity contribution in [2.75, 3.05) is 13.2 Å². The molecule has 2 aromatic rings. The molecule has 1 amide bonds. The minimum atomic E-state index is -0.0477. The Labute approximate surface area is 153 Å². The summed E-state index contributed by atoms with van der Waals surface area (Å²) in [7, 11) is 1.90. The average Bonchev–Trinajstić information content (AvgIpc) is 3.33. The largest absolute Gasteiger partial charge is 0.486 e. The van der Waals surface area contributed by atoms with E-state index >= 15 is 0 Å². The van der Waals surface area contributed by atoms with Crippen LogP contribution in [-0.4, -0.2) is 28.9 Å². The Bertz CT molecular complexity index is 814. The Morgan fingerprint density at radius 1 is 1.27 bits per heavy atom. The number of nitrogens with one attached hydrogen (secondary N) is 1. The van der Waals surface area contributed by atoms with Gasteiger partial charge in [-0.15, -0.1) is 0 Å². The van der Waals surface area contributed by atoms with Gasteiger partial charge in [0.2, 0.25) is 5.91 Å². The summed E-state index contributed by atoms with van der Waals surface area (Å²) in [5.74, 6) is 2.25. The molecule has 1 aliphatic heterocycles. The number of nitrogens with zero attached hydrogens (tertiary/aromatic N) is 2. The van der Waals surface area contributed by atoms with Crippen LogP contribution in [0.25, 0.3) is 0 Å². The zero-order valence-electron chi connectivity index (χ0n) is 15.4. The van der Waals surface area contributed by atoms with Crippen LogP contribution in [0, 0.1) is 11.8 Å². The van der Waals surface area contributed by atoms with Gasteiger partial charge in [0.25, 0.3) is 0 Å². The van der Waals surface area contributed by atoms with E-state index in [2.05, 4.69) is 24.3 Å². The van der Waals surface area contributed by atoms with E-state index in [4.69, 9.17) is 9.47 Å². The van der Waals surface area contributed by atoms with Gasteiger partial charge < -0.3 is 14.8 Å². The van der Waals surface area contributed by atoms with Crippen LogP contribution in [0.2, 0.25) is 0 Å². The van der Waals surface area contributed by atoms with Crippen molar-refractivity contribution in [1.82, 2.24) is 15.1 Å². The fourth-order valence-corrected chi connectivity index (χ4v) is 3.63. The topological polar surface area (TPSA) is 65.4 Å². The van der Waals surface area contributed by atoms with E-state index in [-0.39, 0.29) is 29.7 Å². The molecule has 2 aliphatic rings. The zero-order valence-corrected chi connectivity index (χ0v) is 15.4. The maximum Gasteiger partial charge on any atom is 0.224 e. The Balaban J connectivity index is 1.47. The monoisotopic (exact) mass is 355 g/mol. The predicted octanol–water partition coefficient (Wildman–Crippen LogP) is 2.81. The molecule has 2 heterocycles. The third kappa shape index (κ3) is 3.28. The van der Waals surface area contributed by atoms with E-state index < -0.39 is 0 Å². The number of hydrogen-bond donors (Lipinski definition) is 1. The van der Waals surface area contributed by atoms with E-state index in [1.165, 1.54) is 0 Å². The summed E-state index contributed by atoms with van der Waals surface area (Å²) >= 11 is 0. The molecule has 1 saturated carbocycles. The first-order valence-electron chi connectivity index (χ1n) is 9.21. The minimum absolute atomic E-state index is 0.0395. The van der Waals surface area contributed by atoms with Crippen molar-refractivity contribution in [3.63, 3.8) is 0 Å². The highest BCUT2D eigenvalue weighted by Gasteiger charge is 2.45. The van der Waals surface area contributed by atoms with Crippen molar-refractivity contribution in [1.29, 1.82) is 0 Å². The van der Waals surface area contributed by atoms with Crippen molar-refractivity contribution in [3.8, 4) is 11.5 Å². The second-order valence-electron chi connectivity index (χ2n) is 7.53. The van der Waals surface area contributed by atoms with E-state index in [1.807, 2.05) is 37.6 Å². The van der Waals surface area contributed by atoms with Crippen molar-refractivity contribution >= 4 is 5.91 Å². The number of fused-ring (bicyclic) bond motifs is 1. The summed E-state index contributed by atoms with van der Waals surface area (Å²) in [6.07, 6.45) is 4.75. The van der Waals surface area contributed by atoms with Gasteiger partial charge in [-0.3, -0.25) is 9.48 Å². The molecule has 0 bridgehead atoms. The second-order valence-corrected chi connectivity index (χ2v) is 7.53. The molecule has 0 spiro atoms. The number of rotatable bonds is 5. The maximum atomic E-state index is 12.8. The van der Waals surface area contributed by atoms with Gasteiger partial charge in [0, 0.05) is 19.2 Å². The Kier molecular flexibility index (Phi) is 4.34. The molecule has 1 aromatic heterocycles. The lowest BCUT2D eigenvalue weighted by molar-refractivity contribution is -0.123. The van der Waals surface area contributed by atoms with Crippen LogP contribution in [0.15, 0.2) is 30.6 Å². The molecule has 1 fully saturated rings. The third-order valence-corrected chi connectivity index (χ3v) is 5.17. The highest BCUT2D eigenvalue weighted by Crippen LogP contribution is 2.48. The van der Waals surface area contributed by atoms with Crippen LogP contribution in [0.1, 0.15) is 43.4 Å². The normalized spacial score (nSPS) is 22.2. The lowest BCUT2D eigenvalue weighted by Gasteiger charge is -2.25. The summed E-state index contributed by atoms with van der Waals surface area (Å²) in [4.78, 5) is 12.8. The first-order chi connectivity index (χ1) is 12.5. The third-order valence-electron chi connectivity index (χ3n) is 5.17. The highest BCUT2D eigenvalue weighted by atomic mass is 16.6. The van der Waals surface area contributed by atoms with E-state index in [9.17, 15) is 4.79 Å². The Morgan fingerprint density at radius 3 is 2.73 bits per heavy atom. The Hall–Kier alpha value is -2.50. The van der Waals surface area contributed by atoms with E-state index in [0.29, 0.717) is 13.2 Å². The number of hydrogen-bond acceptors (Lipinski definition) is 4. The lowest BCUT2D eigenvalue weighted by atomic mass is 9.95. The molecule has 1 aromatic carbocycles. The van der Waals surface area contributed by atoms with Crippen molar-refractivity contribution in [3.05, 3.63) is 41.7 Å². The number of aryl methyl sites for hydroxylation is 1. The van der Waals surface area contributed by atoms with Gasteiger partial charge in [0.15, 0.2) is 11.5 Å². The zero-order chi connectivity index (χ0) is 18.3. The first kappa shape index (κ1) is 16.9. The second kappa shape index (κ2) is 6.67. The minimum Gasteiger partial charge on any atom is -0.486 e. The quantitative estimate of drug-likeness (QED) is 0.896. The molecule has 6 nitrogen and oxygen atoms in total. The van der Waals surface area contributed by atoms with Gasteiger partial charge in [-0.1, -0.05) is 19.9 Å². The SMILES string of the molecule is CC(C)C(NC(=O)C1CC1c1cnn(C)c1)c1ccc2c(c1)OCCO2. The summed E-state index contributed by atoms with van der Waals surface area (Å²) in [5.41, 5.74) is 2.20. The molecule has 3 unspecified atom stereocenters. The molecular weight excluding hydrogens is 330 g/mol. The van der Waals surface area contributed by atoms with Crippen LogP contribution < -0.4 is 14.8 Å². The number of benzene rings is 1. The number of carbonyl (C=O) groups excluding carboxylic acids is 1.